The van der Waals surface area contributed by atoms with Gasteiger partial charge >= 0.3 is 6.18 Å². The second-order valence-corrected chi connectivity index (χ2v) is 3.53. The summed E-state index contributed by atoms with van der Waals surface area (Å²) in [6.45, 7) is 0.507. The molecule has 0 aromatic carbocycles. The van der Waals surface area contributed by atoms with Gasteiger partial charge in [-0.3, -0.25) is 9.69 Å². The van der Waals surface area contributed by atoms with Crippen LogP contribution in [0.25, 0.3) is 0 Å². The van der Waals surface area contributed by atoms with Crippen LogP contribution in [0.5, 0.6) is 0 Å². The third kappa shape index (κ3) is 3.95. The highest BCUT2D eigenvalue weighted by molar-refractivity contribution is 5.45. The van der Waals surface area contributed by atoms with Crippen LogP contribution in [0.15, 0.2) is 0 Å². The van der Waals surface area contributed by atoms with E-state index in [1.54, 1.807) is 0 Å². The first kappa shape index (κ1) is 11.3. The number of carbonyl (C=O) groups is 1. The quantitative estimate of drug-likeness (QED) is 0.690. The molecule has 1 rings (SSSR count). The van der Waals surface area contributed by atoms with E-state index in [0.717, 1.165) is 6.42 Å². The average Bonchev–Trinajstić information content (AvgIpc) is 2.46. The molecular weight excluding hydrogens is 197 g/mol. The Morgan fingerprint density at radius 2 is 2.21 bits per heavy atom. The van der Waals surface area contributed by atoms with E-state index in [2.05, 4.69) is 5.32 Å². The Labute approximate surface area is 80.3 Å². The highest BCUT2D eigenvalue weighted by atomic mass is 19.4. The van der Waals surface area contributed by atoms with Gasteiger partial charge in [0.1, 0.15) is 0 Å². The van der Waals surface area contributed by atoms with Crippen LogP contribution < -0.4 is 5.32 Å². The highest BCUT2D eigenvalue weighted by Gasteiger charge is 2.34. The van der Waals surface area contributed by atoms with Crippen LogP contribution in [0.1, 0.15) is 6.42 Å². The summed E-state index contributed by atoms with van der Waals surface area (Å²) in [7, 11) is 0. The zero-order valence-corrected chi connectivity index (χ0v) is 7.68. The molecule has 0 saturated carbocycles. The molecule has 1 unspecified atom stereocenters. The summed E-state index contributed by atoms with van der Waals surface area (Å²) < 4.78 is 35.9. The van der Waals surface area contributed by atoms with E-state index in [0.29, 0.717) is 26.0 Å². The lowest BCUT2D eigenvalue weighted by atomic mass is 10.1. The van der Waals surface area contributed by atoms with Crippen LogP contribution in [0, 0.1) is 5.92 Å². The Morgan fingerprint density at radius 1 is 1.50 bits per heavy atom. The van der Waals surface area contributed by atoms with Crippen molar-refractivity contribution in [3.05, 3.63) is 0 Å². The molecule has 3 nitrogen and oxygen atoms in total. The zero-order valence-electron chi connectivity index (χ0n) is 7.68. The van der Waals surface area contributed by atoms with Gasteiger partial charge in [0.25, 0.3) is 0 Å². The second-order valence-electron chi connectivity index (χ2n) is 3.53. The molecule has 82 valence electrons. The predicted molar refractivity (Wildman–Crippen MR) is 44.7 cm³/mol. The van der Waals surface area contributed by atoms with Crippen molar-refractivity contribution in [2.24, 2.45) is 5.92 Å². The molecule has 14 heavy (non-hydrogen) atoms. The van der Waals surface area contributed by atoms with Crippen molar-refractivity contribution in [2.45, 2.75) is 12.6 Å². The molecule has 1 N–H and O–H groups in total. The minimum absolute atomic E-state index is 0.155. The molecular formula is C8H13F3N2O. The van der Waals surface area contributed by atoms with Crippen molar-refractivity contribution < 1.29 is 18.0 Å². The maximum atomic E-state index is 12.0. The van der Waals surface area contributed by atoms with Gasteiger partial charge in [-0.05, 0) is 18.9 Å². The smallest absolute Gasteiger partial charge is 0.358 e. The molecule has 1 amide bonds. The van der Waals surface area contributed by atoms with Crippen LogP contribution in [0.4, 0.5) is 13.2 Å². The number of hydrogen-bond acceptors (Lipinski definition) is 2. The number of nitrogens with zero attached hydrogens (tertiary/aromatic N) is 1. The Kier molecular flexibility index (Phi) is 3.74. The molecule has 1 heterocycles. The summed E-state index contributed by atoms with van der Waals surface area (Å²) in [5.74, 6) is 0.155. The van der Waals surface area contributed by atoms with E-state index >= 15 is 0 Å². The normalized spacial score (nSPS) is 23.8. The number of alkyl halides is 3. The molecule has 0 spiro atoms. The van der Waals surface area contributed by atoms with E-state index in [1.165, 1.54) is 4.90 Å². The van der Waals surface area contributed by atoms with Crippen molar-refractivity contribution in [1.29, 1.82) is 0 Å². The summed E-state index contributed by atoms with van der Waals surface area (Å²) in [4.78, 5) is 11.3. The molecule has 1 atom stereocenters. The minimum atomic E-state index is -4.12. The standard InChI is InChI=1S/C8H13F3N2O/c9-8(10,11)5-13-2-1-7(4-13)3-12-6-14/h6-7H,1-5H2,(H,12,14). The fraction of sp³-hybridized carbons (Fsp3) is 0.875. The lowest BCUT2D eigenvalue weighted by molar-refractivity contribution is -0.143. The van der Waals surface area contributed by atoms with Crippen molar-refractivity contribution in [2.75, 3.05) is 26.2 Å². The Morgan fingerprint density at radius 3 is 2.79 bits per heavy atom. The van der Waals surface area contributed by atoms with Gasteiger partial charge in [0.2, 0.25) is 6.41 Å². The number of hydrogen-bond donors (Lipinski definition) is 1. The van der Waals surface area contributed by atoms with Crippen molar-refractivity contribution in [3.8, 4) is 0 Å². The van der Waals surface area contributed by atoms with Gasteiger partial charge in [-0.15, -0.1) is 0 Å². The van der Waals surface area contributed by atoms with Gasteiger partial charge in [0.15, 0.2) is 0 Å². The van der Waals surface area contributed by atoms with Crippen molar-refractivity contribution in [3.63, 3.8) is 0 Å². The lowest BCUT2D eigenvalue weighted by Gasteiger charge is -2.17. The molecule has 1 fully saturated rings. The summed E-state index contributed by atoms with van der Waals surface area (Å²) in [5.41, 5.74) is 0. The molecule has 1 saturated heterocycles. The third-order valence-electron chi connectivity index (χ3n) is 2.26. The Bertz CT molecular complexity index is 196. The lowest BCUT2D eigenvalue weighted by Crippen LogP contribution is -2.33. The molecule has 0 aromatic rings. The van der Waals surface area contributed by atoms with Gasteiger partial charge in [-0.1, -0.05) is 0 Å². The van der Waals surface area contributed by atoms with E-state index in [4.69, 9.17) is 0 Å². The van der Waals surface area contributed by atoms with Crippen LogP contribution in [0.3, 0.4) is 0 Å². The van der Waals surface area contributed by atoms with Crippen LogP contribution in [-0.4, -0.2) is 43.7 Å². The average molecular weight is 210 g/mol. The number of likely N-dealkylation sites (tertiary alicyclic amines) is 1. The first-order valence-corrected chi connectivity index (χ1v) is 4.47. The number of rotatable bonds is 4. The molecule has 6 heteroatoms. The molecule has 0 radical (unpaired) electrons. The number of carbonyl (C=O) groups excluding carboxylic acids is 1. The summed E-state index contributed by atoms with van der Waals surface area (Å²) in [6.07, 6.45) is -2.82. The van der Waals surface area contributed by atoms with Gasteiger partial charge in [0.05, 0.1) is 6.54 Å². The molecule has 1 aliphatic heterocycles. The van der Waals surface area contributed by atoms with Crippen molar-refractivity contribution >= 4 is 6.41 Å². The first-order valence-electron chi connectivity index (χ1n) is 4.47. The largest absolute Gasteiger partial charge is 0.401 e. The first-order chi connectivity index (χ1) is 6.51. The van der Waals surface area contributed by atoms with Gasteiger partial charge < -0.3 is 5.32 Å². The third-order valence-corrected chi connectivity index (χ3v) is 2.26. The van der Waals surface area contributed by atoms with Crippen LogP contribution in [-0.2, 0) is 4.79 Å². The van der Waals surface area contributed by atoms with Gasteiger partial charge in [-0.2, -0.15) is 13.2 Å². The van der Waals surface area contributed by atoms with E-state index in [9.17, 15) is 18.0 Å². The Balaban J connectivity index is 2.23. The fourth-order valence-electron chi connectivity index (χ4n) is 1.69. The van der Waals surface area contributed by atoms with Gasteiger partial charge in [-0.25, -0.2) is 0 Å². The SMILES string of the molecule is O=CNCC1CCN(CC(F)(F)F)C1. The summed E-state index contributed by atoms with van der Waals surface area (Å²) in [6, 6.07) is 0. The number of amides is 1. The van der Waals surface area contributed by atoms with Crippen LogP contribution in [0.2, 0.25) is 0 Å². The Hall–Kier alpha value is -0.780. The number of nitrogens with one attached hydrogen (secondary N) is 1. The highest BCUT2D eigenvalue weighted by Crippen LogP contribution is 2.22. The molecule has 1 aliphatic rings. The number of halogens is 3. The summed E-state index contributed by atoms with van der Waals surface area (Å²) >= 11 is 0. The maximum Gasteiger partial charge on any atom is 0.401 e. The topological polar surface area (TPSA) is 32.3 Å². The van der Waals surface area contributed by atoms with E-state index < -0.39 is 12.7 Å². The molecule has 0 aliphatic carbocycles. The molecule has 0 bridgehead atoms. The molecule has 0 aromatic heterocycles. The fourth-order valence-corrected chi connectivity index (χ4v) is 1.69. The van der Waals surface area contributed by atoms with Gasteiger partial charge in [0, 0.05) is 13.1 Å². The summed E-state index contributed by atoms with van der Waals surface area (Å²) in [5, 5.41) is 2.49. The van der Waals surface area contributed by atoms with Crippen molar-refractivity contribution in [1.82, 2.24) is 10.2 Å². The second kappa shape index (κ2) is 4.63. The predicted octanol–water partition coefficient (Wildman–Crippen LogP) is 0.617. The van der Waals surface area contributed by atoms with E-state index in [1.807, 2.05) is 0 Å². The maximum absolute atomic E-state index is 12.0. The van der Waals surface area contributed by atoms with E-state index in [-0.39, 0.29) is 5.92 Å². The monoisotopic (exact) mass is 210 g/mol. The minimum Gasteiger partial charge on any atom is -0.358 e. The zero-order chi connectivity index (χ0) is 10.6. The van der Waals surface area contributed by atoms with Crippen LogP contribution >= 0.6 is 0 Å².